The zero-order chi connectivity index (χ0) is 18.2. The summed E-state index contributed by atoms with van der Waals surface area (Å²) in [6.07, 6.45) is 16.6. The number of unbranched alkanes of at least 4 members (excludes halogenated alkanes) is 11. The molecule has 2 N–H and O–H groups in total. The van der Waals surface area contributed by atoms with Crippen molar-refractivity contribution < 1.29 is 14.7 Å². The van der Waals surface area contributed by atoms with Gasteiger partial charge < -0.3 is 10.4 Å². The van der Waals surface area contributed by atoms with Crippen LogP contribution in [-0.4, -0.2) is 23.0 Å². The molecule has 0 spiro atoms. The van der Waals surface area contributed by atoms with Gasteiger partial charge >= 0.3 is 5.97 Å². The van der Waals surface area contributed by atoms with Crippen LogP contribution in [0.25, 0.3) is 0 Å². The maximum absolute atomic E-state index is 11.8. The normalized spacial score (nSPS) is 13.5. The van der Waals surface area contributed by atoms with Crippen LogP contribution < -0.4 is 5.32 Å². The van der Waals surface area contributed by atoms with Crippen molar-refractivity contribution in [3.8, 4) is 0 Å². The molecule has 0 radical (unpaired) electrons. The van der Waals surface area contributed by atoms with Crippen molar-refractivity contribution in [1.29, 1.82) is 0 Å². The van der Waals surface area contributed by atoms with E-state index >= 15 is 0 Å². The van der Waals surface area contributed by atoms with E-state index in [9.17, 15) is 9.59 Å². The van der Waals surface area contributed by atoms with Gasteiger partial charge in [0, 0.05) is 5.92 Å². The molecule has 0 unspecified atom stereocenters. The number of hydrogen-bond acceptors (Lipinski definition) is 2. The Balaban J connectivity index is 3.40. The molecule has 0 rings (SSSR count). The Labute approximate surface area is 148 Å². The Kier molecular flexibility index (Phi) is 14.8. The van der Waals surface area contributed by atoms with Gasteiger partial charge in [-0.25, -0.2) is 0 Å². The van der Waals surface area contributed by atoms with Crippen molar-refractivity contribution in [3.63, 3.8) is 0 Å². The Morgan fingerprint density at radius 2 is 1.21 bits per heavy atom. The number of hydrogen-bond donors (Lipinski definition) is 2. The predicted octanol–water partition coefficient (Wildman–Crippen LogP) is 5.30. The number of carbonyl (C=O) groups is 2. The fourth-order valence-electron chi connectivity index (χ4n) is 2.84. The summed E-state index contributed by atoms with van der Waals surface area (Å²) < 4.78 is 0. The molecule has 0 aliphatic heterocycles. The molecule has 0 aromatic carbocycles. The van der Waals surface area contributed by atoms with E-state index in [2.05, 4.69) is 12.2 Å². The van der Waals surface area contributed by atoms with Gasteiger partial charge in [0.05, 0.1) is 0 Å². The molecule has 0 aliphatic carbocycles. The number of carbonyl (C=O) groups excluding carboxylic acids is 1. The summed E-state index contributed by atoms with van der Waals surface area (Å²) in [5, 5.41) is 11.3. The van der Waals surface area contributed by atoms with Crippen LogP contribution in [-0.2, 0) is 9.59 Å². The average molecular weight is 342 g/mol. The molecule has 0 saturated carbocycles. The lowest BCUT2D eigenvalue weighted by molar-refractivity contribution is -0.141. The molecule has 0 aromatic heterocycles. The summed E-state index contributed by atoms with van der Waals surface area (Å²) in [7, 11) is 0. The Morgan fingerprint density at radius 1 is 0.792 bits per heavy atom. The van der Waals surface area contributed by atoms with Crippen molar-refractivity contribution in [2.45, 2.75) is 110 Å². The first-order chi connectivity index (χ1) is 11.5. The van der Waals surface area contributed by atoms with Gasteiger partial charge in [-0.2, -0.15) is 0 Å². The highest BCUT2D eigenvalue weighted by Crippen LogP contribution is 2.14. The quantitative estimate of drug-likeness (QED) is 0.374. The van der Waals surface area contributed by atoms with E-state index in [4.69, 9.17) is 5.11 Å². The Hall–Kier alpha value is -1.06. The minimum absolute atomic E-state index is 0.102. The molecule has 0 saturated heterocycles. The second-order valence-corrected chi connectivity index (χ2v) is 7.15. The highest BCUT2D eigenvalue weighted by molar-refractivity contribution is 5.84. The van der Waals surface area contributed by atoms with Gasteiger partial charge in [-0.15, -0.1) is 0 Å². The lowest BCUT2D eigenvalue weighted by Gasteiger charge is -2.14. The molecular formula is C20H39NO3. The third kappa shape index (κ3) is 13.4. The maximum atomic E-state index is 11.8. The van der Waals surface area contributed by atoms with E-state index < -0.39 is 12.0 Å². The van der Waals surface area contributed by atoms with Crippen LogP contribution in [0.3, 0.4) is 0 Å². The molecular weight excluding hydrogens is 302 g/mol. The van der Waals surface area contributed by atoms with Crippen LogP contribution in [0.2, 0.25) is 0 Å². The largest absolute Gasteiger partial charge is 0.480 e. The van der Waals surface area contributed by atoms with Gasteiger partial charge in [0.2, 0.25) is 5.91 Å². The van der Waals surface area contributed by atoms with E-state index in [0.717, 1.165) is 12.8 Å². The third-order valence-electron chi connectivity index (χ3n) is 4.67. The average Bonchev–Trinajstić information content (AvgIpc) is 2.55. The zero-order valence-corrected chi connectivity index (χ0v) is 16.1. The van der Waals surface area contributed by atoms with Crippen molar-refractivity contribution >= 4 is 11.9 Å². The van der Waals surface area contributed by atoms with E-state index in [1.807, 2.05) is 6.92 Å². The minimum atomic E-state index is -0.985. The monoisotopic (exact) mass is 341 g/mol. The van der Waals surface area contributed by atoms with Gasteiger partial charge in [-0.1, -0.05) is 90.9 Å². The number of nitrogens with one attached hydrogen (secondary N) is 1. The first kappa shape index (κ1) is 22.9. The molecule has 0 fully saturated rings. The van der Waals surface area contributed by atoms with Crippen LogP contribution in [0.4, 0.5) is 0 Å². The van der Waals surface area contributed by atoms with Crippen molar-refractivity contribution in [2.24, 2.45) is 5.92 Å². The van der Waals surface area contributed by atoms with Crippen LogP contribution in [0.5, 0.6) is 0 Å². The van der Waals surface area contributed by atoms with Gasteiger partial charge in [-0.05, 0) is 13.3 Å². The van der Waals surface area contributed by atoms with Gasteiger partial charge in [0.15, 0.2) is 0 Å². The Morgan fingerprint density at radius 3 is 1.62 bits per heavy atom. The third-order valence-corrected chi connectivity index (χ3v) is 4.67. The van der Waals surface area contributed by atoms with Crippen LogP contribution in [0.1, 0.15) is 104 Å². The maximum Gasteiger partial charge on any atom is 0.325 e. The summed E-state index contributed by atoms with van der Waals surface area (Å²) in [4.78, 5) is 22.5. The number of carboxylic acid groups (broad SMARTS) is 1. The lowest BCUT2D eigenvalue weighted by Crippen LogP contribution is -2.41. The summed E-state index contributed by atoms with van der Waals surface area (Å²) >= 11 is 0. The molecule has 0 aliphatic rings. The second-order valence-electron chi connectivity index (χ2n) is 7.15. The first-order valence-corrected chi connectivity index (χ1v) is 10.0. The van der Waals surface area contributed by atoms with E-state index in [1.54, 1.807) is 0 Å². The summed E-state index contributed by atoms with van der Waals surface area (Å²) in [6, 6.07) is -0.804. The van der Waals surface area contributed by atoms with Crippen LogP contribution >= 0.6 is 0 Å². The topological polar surface area (TPSA) is 66.4 Å². The lowest BCUT2D eigenvalue weighted by atomic mass is 10.00. The second kappa shape index (κ2) is 15.5. The molecule has 24 heavy (non-hydrogen) atoms. The highest BCUT2D eigenvalue weighted by Gasteiger charge is 2.18. The SMILES string of the molecule is CCCCCCCCCCCCCC[C@@H](C)C(=O)N[C@H](C)C(=O)O. The molecule has 2 atom stereocenters. The molecule has 4 heteroatoms. The molecule has 4 nitrogen and oxygen atoms in total. The van der Waals surface area contributed by atoms with Crippen molar-refractivity contribution in [3.05, 3.63) is 0 Å². The first-order valence-electron chi connectivity index (χ1n) is 10.0. The van der Waals surface area contributed by atoms with Crippen LogP contribution in [0, 0.1) is 5.92 Å². The number of aliphatic carboxylic acids is 1. The molecule has 0 heterocycles. The molecule has 1 amide bonds. The predicted molar refractivity (Wildman–Crippen MR) is 100 cm³/mol. The fourth-order valence-corrected chi connectivity index (χ4v) is 2.84. The smallest absolute Gasteiger partial charge is 0.325 e. The molecule has 0 aromatic rings. The molecule has 142 valence electrons. The van der Waals surface area contributed by atoms with Gasteiger partial charge in [0.25, 0.3) is 0 Å². The van der Waals surface area contributed by atoms with E-state index in [0.29, 0.717) is 0 Å². The van der Waals surface area contributed by atoms with Gasteiger partial charge in [0.1, 0.15) is 6.04 Å². The zero-order valence-electron chi connectivity index (χ0n) is 16.1. The highest BCUT2D eigenvalue weighted by atomic mass is 16.4. The molecule has 0 bridgehead atoms. The minimum Gasteiger partial charge on any atom is -0.480 e. The van der Waals surface area contributed by atoms with Crippen LogP contribution in [0.15, 0.2) is 0 Å². The summed E-state index contributed by atoms with van der Waals surface area (Å²) in [6.45, 7) is 5.63. The fraction of sp³-hybridized carbons (Fsp3) is 0.900. The Bertz CT molecular complexity index is 331. The number of amides is 1. The van der Waals surface area contributed by atoms with Gasteiger partial charge in [-0.3, -0.25) is 9.59 Å². The number of carboxylic acids is 1. The van der Waals surface area contributed by atoms with E-state index in [-0.39, 0.29) is 11.8 Å². The number of rotatable bonds is 16. The van der Waals surface area contributed by atoms with Crippen molar-refractivity contribution in [2.75, 3.05) is 0 Å². The van der Waals surface area contributed by atoms with E-state index in [1.165, 1.54) is 77.6 Å². The summed E-state index contributed by atoms with van der Waals surface area (Å²) in [5.74, 6) is -1.23. The standard InChI is InChI=1S/C20H39NO3/c1-4-5-6-7-8-9-10-11-12-13-14-15-16-17(2)19(22)21-18(3)20(23)24/h17-18H,4-16H2,1-3H3,(H,21,22)(H,23,24)/t17-,18-/m1/s1. The summed E-state index contributed by atoms with van der Waals surface area (Å²) in [5.41, 5.74) is 0. The van der Waals surface area contributed by atoms with Crippen molar-refractivity contribution in [1.82, 2.24) is 5.32 Å².